The second-order valence-electron chi connectivity index (χ2n) is 4.41. The molecule has 100 valence electrons. The van der Waals surface area contributed by atoms with Gasteiger partial charge in [0, 0.05) is 6.42 Å². The van der Waals surface area contributed by atoms with Crippen LogP contribution >= 0.6 is 0 Å². The third-order valence-corrected chi connectivity index (χ3v) is 2.44. The Kier molecular flexibility index (Phi) is 4.24. The van der Waals surface area contributed by atoms with Crippen LogP contribution in [-0.2, 0) is 4.79 Å². The minimum atomic E-state index is -1.48. The summed E-state index contributed by atoms with van der Waals surface area (Å²) in [6, 6.07) is 3.54. The van der Waals surface area contributed by atoms with E-state index in [0.717, 1.165) is 6.07 Å². The van der Waals surface area contributed by atoms with E-state index in [1.54, 1.807) is 6.92 Å². The first-order valence-corrected chi connectivity index (χ1v) is 5.37. The maximum absolute atomic E-state index is 13.3. The van der Waals surface area contributed by atoms with Crippen molar-refractivity contribution in [1.82, 2.24) is 0 Å². The third-order valence-electron chi connectivity index (χ3n) is 2.44. The van der Waals surface area contributed by atoms with Crippen molar-refractivity contribution in [3.63, 3.8) is 0 Å². The van der Waals surface area contributed by atoms with Crippen LogP contribution in [0.5, 0.6) is 5.75 Å². The van der Waals surface area contributed by atoms with Gasteiger partial charge in [-0.25, -0.2) is 4.39 Å². The summed E-state index contributed by atoms with van der Waals surface area (Å²) in [5, 5.41) is 8.84. The molecule has 4 nitrogen and oxygen atoms in total. The molecule has 2 unspecified atom stereocenters. The number of carboxylic acid groups (broad SMARTS) is 1. The van der Waals surface area contributed by atoms with Gasteiger partial charge in [0.15, 0.2) is 11.6 Å². The van der Waals surface area contributed by atoms with Gasteiger partial charge in [0.05, 0.1) is 6.10 Å². The zero-order chi connectivity index (χ0) is 13.9. The predicted molar refractivity (Wildman–Crippen MR) is 61.3 cm³/mol. The number of nitrogens with two attached hydrogens (primary N) is 1. The van der Waals surface area contributed by atoms with Crippen LogP contribution in [0.4, 0.5) is 8.78 Å². The maximum atomic E-state index is 13.3. The second kappa shape index (κ2) is 5.30. The molecule has 0 aliphatic carbocycles. The van der Waals surface area contributed by atoms with Gasteiger partial charge in [-0.3, -0.25) is 4.79 Å². The molecule has 0 saturated carbocycles. The molecule has 0 aromatic heterocycles. The molecule has 2 atom stereocenters. The highest BCUT2D eigenvalue weighted by atomic mass is 19.2. The second-order valence-corrected chi connectivity index (χ2v) is 4.41. The standard InChI is InChI=1S/C12H15F2NO3/c1-7(6-12(2,15)11(16)17)18-9-5-3-4-8(13)10(9)14/h3-5,7H,6,15H2,1-2H3,(H,16,17). The van der Waals surface area contributed by atoms with Gasteiger partial charge in [-0.05, 0) is 26.0 Å². The Hall–Kier alpha value is -1.69. The number of carbonyl (C=O) groups is 1. The predicted octanol–water partition coefficient (Wildman–Crippen LogP) is 1.92. The van der Waals surface area contributed by atoms with E-state index in [-0.39, 0.29) is 12.2 Å². The summed E-state index contributed by atoms with van der Waals surface area (Å²) < 4.78 is 31.4. The molecule has 0 aliphatic rings. The molecular weight excluding hydrogens is 244 g/mol. The number of carboxylic acids is 1. The molecule has 0 heterocycles. The fourth-order valence-electron chi connectivity index (χ4n) is 1.52. The van der Waals surface area contributed by atoms with E-state index in [9.17, 15) is 13.6 Å². The van der Waals surface area contributed by atoms with Crippen LogP contribution in [0.15, 0.2) is 18.2 Å². The summed E-state index contributed by atoms with van der Waals surface area (Å²) in [6.07, 6.45) is -0.689. The van der Waals surface area contributed by atoms with Crippen LogP contribution in [0.3, 0.4) is 0 Å². The summed E-state index contributed by atoms with van der Waals surface area (Å²) in [4.78, 5) is 10.8. The van der Waals surface area contributed by atoms with Crippen LogP contribution < -0.4 is 10.5 Å². The Balaban J connectivity index is 2.74. The first kappa shape index (κ1) is 14.4. The number of rotatable bonds is 5. The number of hydrogen-bond donors (Lipinski definition) is 2. The molecule has 1 aromatic carbocycles. The quantitative estimate of drug-likeness (QED) is 0.847. The normalized spacial score (nSPS) is 15.8. The molecule has 0 aliphatic heterocycles. The lowest BCUT2D eigenvalue weighted by Gasteiger charge is -2.24. The summed E-state index contributed by atoms with van der Waals surface area (Å²) in [5.74, 6) is -3.56. The van der Waals surface area contributed by atoms with Crippen LogP contribution in [0.1, 0.15) is 20.3 Å². The smallest absolute Gasteiger partial charge is 0.323 e. The van der Waals surface area contributed by atoms with Gasteiger partial charge in [-0.1, -0.05) is 6.07 Å². The van der Waals surface area contributed by atoms with Crippen LogP contribution in [0.2, 0.25) is 0 Å². The number of hydrogen-bond acceptors (Lipinski definition) is 3. The zero-order valence-electron chi connectivity index (χ0n) is 10.1. The van der Waals surface area contributed by atoms with Crippen molar-refractivity contribution in [3.05, 3.63) is 29.8 Å². The first-order chi connectivity index (χ1) is 8.24. The van der Waals surface area contributed by atoms with Crippen molar-refractivity contribution >= 4 is 5.97 Å². The molecule has 0 amide bonds. The molecule has 1 rings (SSSR count). The molecule has 3 N–H and O–H groups in total. The van der Waals surface area contributed by atoms with E-state index < -0.39 is 29.2 Å². The average molecular weight is 259 g/mol. The van der Waals surface area contributed by atoms with E-state index in [1.807, 2.05) is 0 Å². The van der Waals surface area contributed by atoms with Crippen molar-refractivity contribution in [2.24, 2.45) is 5.73 Å². The Morgan fingerprint density at radius 3 is 2.72 bits per heavy atom. The number of halogens is 2. The van der Waals surface area contributed by atoms with Gasteiger partial charge in [0.1, 0.15) is 5.54 Å². The molecule has 0 fully saturated rings. The Bertz CT molecular complexity index is 449. The third kappa shape index (κ3) is 3.40. The van der Waals surface area contributed by atoms with Gasteiger partial charge in [-0.15, -0.1) is 0 Å². The minimum Gasteiger partial charge on any atom is -0.487 e. The fraction of sp³-hybridized carbons (Fsp3) is 0.417. The van der Waals surface area contributed by atoms with Gasteiger partial charge >= 0.3 is 5.97 Å². The molecule has 0 radical (unpaired) electrons. The van der Waals surface area contributed by atoms with E-state index >= 15 is 0 Å². The highest BCUT2D eigenvalue weighted by Crippen LogP contribution is 2.22. The fourth-order valence-corrected chi connectivity index (χ4v) is 1.52. The largest absolute Gasteiger partial charge is 0.487 e. The summed E-state index contributed by atoms with van der Waals surface area (Å²) >= 11 is 0. The van der Waals surface area contributed by atoms with Gasteiger partial charge in [0.25, 0.3) is 0 Å². The number of aliphatic carboxylic acids is 1. The van der Waals surface area contributed by atoms with E-state index in [2.05, 4.69) is 0 Å². The van der Waals surface area contributed by atoms with E-state index in [4.69, 9.17) is 15.6 Å². The Morgan fingerprint density at radius 1 is 1.56 bits per heavy atom. The lowest BCUT2D eigenvalue weighted by atomic mass is 9.96. The molecule has 6 heteroatoms. The van der Waals surface area contributed by atoms with Crippen molar-refractivity contribution < 1.29 is 23.4 Å². The zero-order valence-corrected chi connectivity index (χ0v) is 10.1. The Morgan fingerprint density at radius 2 is 2.17 bits per heavy atom. The lowest BCUT2D eigenvalue weighted by Crippen LogP contribution is -2.47. The highest BCUT2D eigenvalue weighted by molar-refractivity contribution is 5.77. The van der Waals surface area contributed by atoms with Crippen molar-refractivity contribution in [2.45, 2.75) is 31.9 Å². The topological polar surface area (TPSA) is 72.6 Å². The number of benzene rings is 1. The van der Waals surface area contributed by atoms with Crippen molar-refractivity contribution in [2.75, 3.05) is 0 Å². The molecule has 1 aromatic rings. The summed E-state index contributed by atoms with van der Waals surface area (Å²) in [5.41, 5.74) is 4.05. The van der Waals surface area contributed by atoms with Gasteiger partial charge in [0.2, 0.25) is 5.82 Å². The van der Waals surface area contributed by atoms with E-state index in [1.165, 1.54) is 19.1 Å². The average Bonchev–Trinajstić information content (AvgIpc) is 2.23. The Labute approximate surface area is 103 Å². The summed E-state index contributed by atoms with van der Waals surface area (Å²) in [7, 11) is 0. The molecule has 18 heavy (non-hydrogen) atoms. The minimum absolute atomic E-state index is 0.0295. The first-order valence-electron chi connectivity index (χ1n) is 5.37. The SMILES string of the molecule is CC(CC(C)(N)C(=O)O)Oc1cccc(F)c1F. The maximum Gasteiger partial charge on any atom is 0.323 e. The highest BCUT2D eigenvalue weighted by Gasteiger charge is 2.31. The van der Waals surface area contributed by atoms with E-state index in [0.29, 0.717) is 0 Å². The van der Waals surface area contributed by atoms with Gasteiger partial charge < -0.3 is 15.6 Å². The monoisotopic (exact) mass is 259 g/mol. The lowest BCUT2D eigenvalue weighted by molar-refractivity contribution is -0.143. The number of ether oxygens (including phenoxy) is 1. The summed E-state index contributed by atoms with van der Waals surface area (Å²) in [6.45, 7) is 2.87. The van der Waals surface area contributed by atoms with Crippen LogP contribution in [0.25, 0.3) is 0 Å². The molecule has 0 bridgehead atoms. The van der Waals surface area contributed by atoms with Crippen LogP contribution in [0, 0.1) is 11.6 Å². The molecule has 0 spiro atoms. The molecule has 0 saturated heterocycles. The molecular formula is C12H15F2NO3. The van der Waals surface area contributed by atoms with Crippen molar-refractivity contribution in [1.29, 1.82) is 0 Å². The van der Waals surface area contributed by atoms with Gasteiger partial charge in [-0.2, -0.15) is 4.39 Å². The van der Waals surface area contributed by atoms with Crippen molar-refractivity contribution in [3.8, 4) is 5.75 Å². The van der Waals surface area contributed by atoms with Crippen LogP contribution in [-0.4, -0.2) is 22.7 Å².